The molecule has 10 heteroatoms. The molecule has 0 spiro atoms. The van der Waals surface area contributed by atoms with E-state index in [1.807, 2.05) is 0 Å². The van der Waals surface area contributed by atoms with Gasteiger partial charge in [0.25, 0.3) is 5.91 Å². The summed E-state index contributed by atoms with van der Waals surface area (Å²) in [5.41, 5.74) is 0.284. The largest absolute Gasteiger partial charge is 0.481 e. The van der Waals surface area contributed by atoms with Crippen LogP contribution < -0.4 is 15.4 Å². The molecule has 3 rings (SSSR count). The number of halogens is 1. The van der Waals surface area contributed by atoms with E-state index in [9.17, 15) is 23.6 Å². The van der Waals surface area contributed by atoms with Crippen LogP contribution in [0.4, 0.5) is 14.9 Å². The van der Waals surface area contributed by atoms with Crippen molar-refractivity contribution in [1.29, 1.82) is 0 Å². The van der Waals surface area contributed by atoms with Crippen LogP contribution in [0.25, 0.3) is 6.08 Å². The number of ether oxygens (including phenoxy) is 2. The van der Waals surface area contributed by atoms with Gasteiger partial charge in [-0.1, -0.05) is 30.3 Å². The molecule has 4 amide bonds. The van der Waals surface area contributed by atoms with E-state index in [-0.39, 0.29) is 24.6 Å². The standard InChI is InChI=1S/C22H20FN3O6/c1-2-31-20(28)13-32-18-10-6-3-7-14(18)11-17-21(29)26(22(30)25-17)12-19(27)24-16-9-5-4-8-15(16)23/h3-11H,2,12-13H2,1H3,(H,24,27)(H,25,30)/b17-11+. The molecule has 1 saturated heterocycles. The summed E-state index contributed by atoms with van der Waals surface area (Å²) in [7, 11) is 0. The molecule has 2 aromatic carbocycles. The lowest BCUT2D eigenvalue weighted by molar-refractivity contribution is -0.145. The number of benzene rings is 2. The summed E-state index contributed by atoms with van der Waals surface area (Å²) >= 11 is 0. The molecule has 166 valence electrons. The highest BCUT2D eigenvalue weighted by atomic mass is 19.1. The number of esters is 1. The molecule has 32 heavy (non-hydrogen) atoms. The Bertz CT molecular complexity index is 1080. The molecule has 1 heterocycles. The minimum Gasteiger partial charge on any atom is -0.481 e. The fraction of sp³-hybridized carbons (Fsp3) is 0.182. The average molecular weight is 441 g/mol. The lowest BCUT2D eigenvalue weighted by Crippen LogP contribution is -2.38. The lowest BCUT2D eigenvalue weighted by Gasteiger charge is -2.12. The van der Waals surface area contributed by atoms with E-state index in [0.717, 1.165) is 0 Å². The quantitative estimate of drug-likeness (QED) is 0.369. The van der Waals surface area contributed by atoms with Crippen molar-refractivity contribution in [2.75, 3.05) is 25.1 Å². The Morgan fingerprint density at radius 3 is 2.59 bits per heavy atom. The number of rotatable bonds is 8. The van der Waals surface area contributed by atoms with E-state index in [1.165, 1.54) is 30.3 Å². The van der Waals surface area contributed by atoms with Gasteiger partial charge in [0.2, 0.25) is 5.91 Å². The summed E-state index contributed by atoms with van der Waals surface area (Å²) in [6, 6.07) is 11.3. The number of para-hydroxylation sites is 2. The molecule has 0 atom stereocenters. The molecule has 9 nitrogen and oxygen atoms in total. The number of amides is 4. The van der Waals surface area contributed by atoms with E-state index < -0.39 is 36.2 Å². The van der Waals surface area contributed by atoms with Crippen molar-refractivity contribution in [2.45, 2.75) is 6.92 Å². The normalized spacial score (nSPS) is 14.3. The lowest BCUT2D eigenvalue weighted by atomic mass is 10.1. The maximum absolute atomic E-state index is 13.7. The van der Waals surface area contributed by atoms with Gasteiger partial charge in [0, 0.05) is 5.56 Å². The van der Waals surface area contributed by atoms with Gasteiger partial charge in [0.15, 0.2) is 6.61 Å². The van der Waals surface area contributed by atoms with Crippen molar-refractivity contribution in [1.82, 2.24) is 10.2 Å². The number of urea groups is 1. The van der Waals surface area contributed by atoms with Crippen LogP contribution in [0.15, 0.2) is 54.2 Å². The zero-order chi connectivity index (χ0) is 23.1. The van der Waals surface area contributed by atoms with Gasteiger partial charge >= 0.3 is 12.0 Å². The average Bonchev–Trinajstić information content (AvgIpc) is 3.02. The fourth-order valence-corrected chi connectivity index (χ4v) is 2.84. The molecule has 0 unspecified atom stereocenters. The maximum Gasteiger partial charge on any atom is 0.344 e. The Labute approximate surface area is 182 Å². The van der Waals surface area contributed by atoms with Crippen molar-refractivity contribution in [3.05, 3.63) is 65.6 Å². The highest BCUT2D eigenvalue weighted by molar-refractivity contribution is 6.16. The monoisotopic (exact) mass is 441 g/mol. The molecule has 1 aliphatic rings. The number of imide groups is 1. The first kappa shape index (κ1) is 22.5. The summed E-state index contributed by atoms with van der Waals surface area (Å²) < 4.78 is 23.9. The minimum atomic E-state index is -0.796. The Morgan fingerprint density at radius 2 is 1.84 bits per heavy atom. The predicted octanol–water partition coefficient (Wildman–Crippen LogP) is 2.30. The van der Waals surface area contributed by atoms with Crippen LogP contribution >= 0.6 is 0 Å². The Morgan fingerprint density at radius 1 is 1.12 bits per heavy atom. The predicted molar refractivity (Wildman–Crippen MR) is 112 cm³/mol. The number of nitrogens with one attached hydrogen (secondary N) is 2. The first-order valence-electron chi connectivity index (χ1n) is 9.65. The summed E-state index contributed by atoms with van der Waals surface area (Å²) in [6.07, 6.45) is 1.37. The van der Waals surface area contributed by atoms with E-state index >= 15 is 0 Å². The van der Waals surface area contributed by atoms with Crippen LogP contribution in [-0.4, -0.2) is 48.5 Å². The molecule has 0 bridgehead atoms. The number of anilines is 1. The third-order valence-corrected chi connectivity index (χ3v) is 4.28. The Balaban J connectivity index is 1.70. The molecule has 2 aromatic rings. The highest BCUT2D eigenvalue weighted by Crippen LogP contribution is 2.23. The van der Waals surface area contributed by atoms with Crippen molar-refractivity contribution in [2.24, 2.45) is 0 Å². The number of carbonyl (C=O) groups is 4. The smallest absolute Gasteiger partial charge is 0.344 e. The highest BCUT2D eigenvalue weighted by Gasteiger charge is 2.35. The summed E-state index contributed by atoms with van der Waals surface area (Å²) in [6.45, 7) is 0.968. The van der Waals surface area contributed by atoms with E-state index in [1.54, 1.807) is 31.2 Å². The van der Waals surface area contributed by atoms with Crippen LogP contribution in [-0.2, 0) is 19.1 Å². The number of nitrogens with zero attached hydrogens (tertiary/aromatic N) is 1. The Kier molecular flexibility index (Phi) is 7.17. The first-order chi connectivity index (χ1) is 15.4. The van der Waals surface area contributed by atoms with E-state index in [0.29, 0.717) is 16.2 Å². The summed E-state index contributed by atoms with van der Waals surface area (Å²) in [5, 5.41) is 4.71. The molecule has 0 aliphatic carbocycles. The molecule has 0 aromatic heterocycles. The van der Waals surface area contributed by atoms with Gasteiger partial charge in [0.05, 0.1) is 12.3 Å². The van der Waals surface area contributed by atoms with Crippen LogP contribution in [0, 0.1) is 5.82 Å². The first-order valence-corrected chi connectivity index (χ1v) is 9.65. The van der Waals surface area contributed by atoms with Gasteiger partial charge < -0.3 is 20.1 Å². The maximum atomic E-state index is 13.7. The molecular weight excluding hydrogens is 421 g/mol. The summed E-state index contributed by atoms with van der Waals surface area (Å²) in [4.78, 5) is 49.3. The van der Waals surface area contributed by atoms with Gasteiger partial charge in [-0.15, -0.1) is 0 Å². The fourth-order valence-electron chi connectivity index (χ4n) is 2.84. The van der Waals surface area contributed by atoms with E-state index in [2.05, 4.69) is 10.6 Å². The van der Waals surface area contributed by atoms with Gasteiger partial charge in [0.1, 0.15) is 23.8 Å². The van der Waals surface area contributed by atoms with Crippen LogP contribution in [0.5, 0.6) is 5.75 Å². The van der Waals surface area contributed by atoms with Gasteiger partial charge in [-0.3, -0.25) is 9.59 Å². The third kappa shape index (κ3) is 5.48. The van der Waals surface area contributed by atoms with Gasteiger partial charge in [-0.05, 0) is 31.2 Å². The number of hydrogen-bond acceptors (Lipinski definition) is 6. The van der Waals surface area contributed by atoms with Crippen molar-refractivity contribution < 1.29 is 33.0 Å². The third-order valence-electron chi connectivity index (χ3n) is 4.28. The number of carbonyl (C=O) groups excluding carboxylic acids is 4. The molecule has 2 N–H and O–H groups in total. The van der Waals surface area contributed by atoms with Crippen molar-refractivity contribution >= 4 is 35.6 Å². The molecule has 1 fully saturated rings. The minimum absolute atomic E-state index is 0.0620. The second-order valence-electron chi connectivity index (χ2n) is 6.54. The molecule has 1 aliphatic heterocycles. The zero-order valence-electron chi connectivity index (χ0n) is 17.1. The van der Waals surface area contributed by atoms with Gasteiger partial charge in [-0.25, -0.2) is 18.9 Å². The van der Waals surface area contributed by atoms with Crippen LogP contribution in [0.3, 0.4) is 0 Å². The Hall–Kier alpha value is -4.21. The zero-order valence-corrected chi connectivity index (χ0v) is 17.1. The number of hydrogen-bond donors (Lipinski definition) is 2. The summed E-state index contributed by atoms with van der Waals surface area (Å²) in [5.74, 6) is -2.37. The van der Waals surface area contributed by atoms with Crippen LogP contribution in [0.1, 0.15) is 12.5 Å². The second kappa shape index (κ2) is 10.2. The topological polar surface area (TPSA) is 114 Å². The molecular formula is C22H20FN3O6. The second-order valence-corrected chi connectivity index (χ2v) is 6.54. The van der Waals surface area contributed by atoms with Crippen LogP contribution in [0.2, 0.25) is 0 Å². The SMILES string of the molecule is CCOC(=O)COc1ccccc1/C=C1/NC(=O)N(CC(=O)Nc2ccccc2F)C1=O. The van der Waals surface area contributed by atoms with Crippen molar-refractivity contribution in [3.8, 4) is 5.75 Å². The molecule has 0 saturated carbocycles. The molecule has 0 radical (unpaired) electrons. The van der Waals surface area contributed by atoms with Crippen molar-refractivity contribution in [3.63, 3.8) is 0 Å². The van der Waals surface area contributed by atoms with E-state index in [4.69, 9.17) is 9.47 Å². The van der Waals surface area contributed by atoms with Gasteiger partial charge in [-0.2, -0.15) is 0 Å².